The average Bonchev–Trinajstić information content (AvgIpc) is 2.59. The van der Waals surface area contributed by atoms with Gasteiger partial charge in [-0.25, -0.2) is 9.97 Å². The van der Waals surface area contributed by atoms with E-state index in [0.717, 1.165) is 24.1 Å². The van der Waals surface area contributed by atoms with Crippen molar-refractivity contribution in [3.8, 4) is 0 Å². The Morgan fingerprint density at radius 2 is 1.96 bits per heavy atom. The molecule has 1 aromatic heterocycles. The van der Waals surface area contributed by atoms with Crippen molar-refractivity contribution < 1.29 is 4.79 Å². The molecule has 3 rings (SSSR count). The van der Waals surface area contributed by atoms with Gasteiger partial charge in [0.1, 0.15) is 17.8 Å². The van der Waals surface area contributed by atoms with Gasteiger partial charge in [0.25, 0.3) is 5.91 Å². The Morgan fingerprint density at radius 3 is 2.71 bits per heavy atom. The second-order valence-corrected chi connectivity index (χ2v) is 6.62. The monoisotopic (exact) mass is 344 g/mol. The molecule has 1 fully saturated rings. The Kier molecular flexibility index (Phi) is 5.30. The molecule has 0 atom stereocenters. The summed E-state index contributed by atoms with van der Waals surface area (Å²) >= 11 is 5.97. The van der Waals surface area contributed by atoms with Crippen LogP contribution in [-0.4, -0.2) is 21.9 Å². The lowest BCUT2D eigenvalue weighted by molar-refractivity contribution is 0.0922. The highest BCUT2D eigenvalue weighted by Crippen LogP contribution is 2.23. The zero-order valence-electron chi connectivity index (χ0n) is 13.7. The summed E-state index contributed by atoms with van der Waals surface area (Å²) in [5.41, 5.74) is 2.29. The number of aryl methyl sites for hydroxylation is 1. The van der Waals surface area contributed by atoms with Crippen LogP contribution < -0.4 is 10.6 Å². The van der Waals surface area contributed by atoms with Crippen LogP contribution in [0.4, 0.5) is 11.5 Å². The summed E-state index contributed by atoms with van der Waals surface area (Å²) in [7, 11) is 0. The van der Waals surface area contributed by atoms with E-state index in [1.165, 1.54) is 25.6 Å². The molecule has 1 heterocycles. The van der Waals surface area contributed by atoms with E-state index in [2.05, 4.69) is 20.6 Å². The highest BCUT2D eigenvalue weighted by atomic mass is 35.5. The number of amides is 1. The number of aromatic nitrogens is 2. The lowest BCUT2D eigenvalue weighted by Crippen LogP contribution is -2.36. The summed E-state index contributed by atoms with van der Waals surface area (Å²) in [6.07, 6.45) is 7.12. The maximum Gasteiger partial charge on any atom is 0.270 e. The van der Waals surface area contributed by atoms with Crippen molar-refractivity contribution in [1.29, 1.82) is 0 Å². The van der Waals surface area contributed by atoms with Crippen LogP contribution in [0.25, 0.3) is 0 Å². The molecule has 1 aliphatic carbocycles. The Morgan fingerprint density at radius 1 is 1.17 bits per heavy atom. The summed E-state index contributed by atoms with van der Waals surface area (Å²) < 4.78 is 0. The van der Waals surface area contributed by atoms with Crippen molar-refractivity contribution in [3.05, 3.63) is 46.9 Å². The van der Waals surface area contributed by atoms with Crippen LogP contribution in [0.2, 0.25) is 5.02 Å². The summed E-state index contributed by atoms with van der Waals surface area (Å²) in [6.45, 7) is 1.96. The van der Waals surface area contributed by atoms with Gasteiger partial charge >= 0.3 is 0 Å². The molecule has 1 aliphatic rings. The third-order valence-electron chi connectivity index (χ3n) is 4.29. The van der Waals surface area contributed by atoms with Crippen LogP contribution in [0.1, 0.15) is 48.2 Å². The first-order chi connectivity index (χ1) is 11.6. The van der Waals surface area contributed by atoms with Crippen molar-refractivity contribution in [3.63, 3.8) is 0 Å². The predicted molar refractivity (Wildman–Crippen MR) is 95.8 cm³/mol. The minimum absolute atomic E-state index is 0.139. The quantitative estimate of drug-likeness (QED) is 0.870. The molecule has 126 valence electrons. The number of rotatable bonds is 4. The predicted octanol–water partition coefficient (Wildman–Crippen LogP) is 4.24. The smallest absolute Gasteiger partial charge is 0.270 e. The summed E-state index contributed by atoms with van der Waals surface area (Å²) in [5, 5.41) is 6.97. The molecule has 5 nitrogen and oxygen atoms in total. The van der Waals surface area contributed by atoms with Crippen LogP contribution in [0.3, 0.4) is 0 Å². The van der Waals surface area contributed by atoms with Gasteiger partial charge < -0.3 is 10.6 Å². The Bertz CT molecular complexity index is 729. The van der Waals surface area contributed by atoms with Crippen molar-refractivity contribution in [2.45, 2.75) is 45.1 Å². The largest absolute Gasteiger partial charge is 0.348 e. The molecule has 0 radical (unpaired) electrons. The number of hydrogen-bond acceptors (Lipinski definition) is 4. The molecule has 2 aromatic rings. The van der Waals surface area contributed by atoms with E-state index in [0.29, 0.717) is 16.5 Å². The fourth-order valence-corrected chi connectivity index (χ4v) is 3.19. The zero-order chi connectivity index (χ0) is 16.9. The number of anilines is 2. The van der Waals surface area contributed by atoms with Gasteiger partial charge in [-0.15, -0.1) is 0 Å². The highest BCUT2D eigenvalue weighted by molar-refractivity contribution is 6.30. The lowest BCUT2D eigenvalue weighted by atomic mass is 9.95. The number of nitrogens with zero attached hydrogens (tertiary/aromatic N) is 2. The number of carbonyl (C=O) groups excluding carboxylic acids is 1. The Balaban J connectivity index is 1.70. The van der Waals surface area contributed by atoms with E-state index in [4.69, 9.17) is 11.6 Å². The molecule has 1 saturated carbocycles. The van der Waals surface area contributed by atoms with Crippen LogP contribution in [0.15, 0.2) is 30.6 Å². The maximum atomic E-state index is 12.4. The van der Waals surface area contributed by atoms with Crippen molar-refractivity contribution in [1.82, 2.24) is 15.3 Å². The zero-order valence-corrected chi connectivity index (χ0v) is 14.4. The topological polar surface area (TPSA) is 66.9 Å². The molecule has 0 aliphatic heterocycles. The van der Waals surface area contributed by atoms with Gasteiger partial charge in [-0.1, -0.05) is 30.9 Å². The molecule has 2 N–H and O–H groups in total. The number of benzene rings is 1. The molecule has 1 amide bonds. The summed E-state index contributed by atoms with van der Waals surface area (Å²) in [6, 6.07) is 7.51. The average molecular weight is 345 g/mol. The number of nitrogens with one attached hydrogen (secondary N) is 2. The van der Waals surface area contributed by atoms with E-state index in [-0.39, 0.29) is 11.9 Å². The molecule has 6 heteroatoms. The van der Waals surface area contributed by atoms with Crippen molar-refractivity contribution in [2.24, 2.45) is 0 Å². The lowest BCUT2D eigenvalue weighted by Gasteiger charge is -2.22. The van der Waals surface area contributed by atoms with Crippen molar-refractivity contribution >= 4 is 29.0 Å². The van der Waals surface area contributed by atoms with E-state index in [1.807, 2.05) is 25.1 Å². The number of hydrogen-bond donors (Lipinski definition) is 2. The number of carbonyl (C=O) groups is 1. The summed E-state index contributed by atoms with van der Waals surface area (Å²) in [5.74, 6) is 0.449. The number of halogens is 1. The first-order valence-corrected chi connectivity index (χ1v) is 8.66. The van der Waals surface area contributed by atoms with Gasteiger partial charge in [-0.2, -0.15) is 0 Å². The second-order valence-electron chi connectivity index (χ2n) is 6.18. The Hall–Kier alpha value is -2.14. The molecule has 1 aromatic carbocycles. The van der Waals surface area contributed by atoms with Gasteiger partial charge in [0.05, 0.1) is 0 Å². The van der Waals surface area contributed by atoms with Gasteiger partial charge in [0.2, 0.25) is 0 Å². The minimum Gasteiger partial charge on any atom is -0.348 e. The van der Waals surface area contributed by atoms with Crippen LogP contribution >= 0.6 is 11.6 Å². The SMILES string of the molecule is Cc1cc(Cl)ccc1Nc1cc(C(=O)NC2CCCCC2)ncn1. The van der Waals surface area contributed by atoms with Gasteiger partial charge in [-0.05, 0) is 43.5 Å². The second kappa shape index (κ2) is 7.62. The van der Waals surface area contributed by atoms with Crippen LogP contribution in [0, 0.1) is 6.92 Å². The standard InChI is InChI=1S/C18H21ClN4O/c1-12-9-13(19)7-8-15(12)23-17-10-16(20-11-21-17)18(24)22-14-5-3-2-4-6-14/h7-11,14H,2-6H2,1H3,(H,22,24)(H,20,21,23). The van der Waals surface area contributed by atoms with E-state index >= 15 is 0 Å². The van der Waals surface area contributed by atoms with E-state index in [1.54, 1.807) is 6.07 Å². The third-order valence-corrected chi connectivity index (χ3v) is 4.53. The normalized spacial score (nSPS) is 15.1. The molecule has 0 unspecified atom stereocenters. The van der Waals surface area contributed by atoms with Crippen LogP contribution in [0.5, 0.6) is 0 Å². The molecule has 0 spiro atoms. The molecule has 0 saturated heterocycles. The highest BCUT2D eigenvalue weighted by Gasteiger charge is 2.17. The van der Waals surface area contributed by atoms with E-state index in [9.17, 15) is 4.79 Å². The van der Waals surface area contributed by atoms with E-state index < -0.39 is 0 Å². The fraction of sp³-hybridized carbons (Fsp3) is 0.389. The molecule has 0 bridgehead atoms. The first-order valence-electron chi connectivity index (χ1n) is 8.28. The summed E-state index contributed by atoms with van der Waals surface area (Å²) in [4.78, 5) is 20.7. The Labute approximate surface area is 146 Å². The van der Waals surface area contributed by atoms with Gasteiger partial charge in [-0.3, -0.25) is 4.79 Å². The molecular formula is C18H21ClN4O. The minimum atomic E-state index is -0.139. The molecule has 24 heavy (non-hydrogen) atoms. The fourth-order valence-electron chi connectivity index (χ4n) is 2.96. The van der Waals surface area contributed by atoms with Crippen molar-refractivity contribution in [2.75, 3.05) is 5.32 Å². The molecular weight excluding hydrogens is 324 g/mol. The first kappa shape index (κ1) is 16.7. The van der Waals surface area contributed by atoms with Gasteiger partial charge in [0, 0.05) is 22.8 Å². The maximum absolute atomic E-state index is 12.4. The van der Waals surface area contributed by atoms with Gasteiger partial charge in [0.15, 0.2) is 0 Å². The third kappa shape index (κ3) is 4.23. The van der Waals surface area contributed by atoms with Crippen LogP contribution in [-0.2, 0) is 0 Å².